The van der Waals surface area contributed by atoms with Crippen molar-refractivity contribution in [3.05, 3.63) is 72.8 Å². The van der Waals surface area contributed by atoms with Crippen LogP contribution in [0.1, 0.15) is 19.8 Å². The molecule has 0 aliphatic rings. The van der Waals surface area contributed by atoms with Gasteiger partial charge in [-0.1, -0.05) is 86.0 Å². The van der Waals surface area contributed by atoms with E-state index in [0.29, 0.717) is 6.16 Å². The molecular weight excluding hydrogens is 287 g/mol. The molecule has 112 valence electrons. The molecule has 2 aromatic rings. The van der Waals surface area contributed by atoms with Crippen molar-refractivity contribution in [3.8, 4) is 11.8 Å². The Morgan fingerprint density at radius 2 is 1.50 bits per heavy atom. The minimum atomic E-state index is -2.73. The summed E-state index contributed by atoms with van der Waals surface area (Å²) in [5, 5.41) is 1.72. The number of rotatable bonds is 5. The number of allylic oxidation sites excluding steroid dienone is 1. The number of hydrogen-bond donors (Lipinski definition) is 0. The number of unbranched alkanes of at least 4 members (excludes halogenated alkanes) is 1. The van der Waals surface area contributed by atoms with Crippen molar-refractivity contribution in [1.82, 2.24) is 0 Å². The fourth-order valence-electron chi connectivity index (χ4n) is 2.29. The molecule has 2 rings (SSSR count). The van der Waals surface area contributed by atoms with Crippen LogP contribution in [-0.4, -0.2) is 6.16 Å². The maximum absolute atomic E-state index is 13.7. The molecule has 0 unspecified atom stereocenters. The highest BCUT2D eigenvalue weighted by Crippen LogP contribution is 2.44. The van der Waals surface area contributed by atoms with Gasteiger partial charge in [0.05, 0.1) is 0 Å². The van der Waals surface area contributed by atoms with Gasteiger partial charge in [-0.05, 0) is 6.42 Å². The Morgan fingerprint density at radius 3 is 1.95 bits per heavy atom. The second kappa shape index (κ2) is 7.83. The number of hydrogen-bond acceptors (Lipinski definition) is 1. The van der Waals surface area contributed by atoms with E-state index in [1.54, 1.807) is 0 Å². The lowest BCUT2D eigenvalue weighted by atomic mass is 10.3. The van der Waals surface area contributed by atoms with Gasteiger partial charge < -0.3 is 4.57 Å². The van der Waals surface area contributed by atoms with Crippen LogP contribution in [0.15, 0.2) is 72.8 Å². The maximum Gasteiger partial charge on any atom is 0.148 e. The summed E-state index contributed by atoms with van der Waals surface area (Å²) < 4.78 is 13.7. The topological polar surface area (TPSA) is 17.1 Å². The third-order valence-corrected chi connectivity index (χ3v) is 6.49. The molecule has 0 saturated carbocycles. The first kappa shape index (κ1) is 16.3. The van der Waals surface area contributed by atoms with E-state index in [1.165, 1.54) is 0 Å². The fourth-order valence-corrected chi connectivity index (χ4v) is 4.88. The predicted octanol–water partition coefficient (Wildman–Crippen LogP) is 4.36. The molecule has 0 saturated heterocycles. The van der Waals surface area contributed by atoms with E-state index in [9.17, 15) is 4.57 Å². The molecule has 22 heavy (non-hydrogen) atoms. The van der Waals surface area contributed by atoms with Crippen molar-refractivity contribution in [2.45, 2.75) is 19.8 Å². The summed E-state index contributed by atoms with van der Waals surface area (Å²) in [5.74, 6) is 6.15. The van der Waals surface area contributed by atoms with E-state index >= 15 is 0 Å². The molecular formula is C20H21OP. The second-order valence-electron chi connectivity index (χ2n) is 5.22. The van der Waals surface area contributed by atoms with Crippen LogP contribution in [-0.2, 0) is 4.57 Å². The van der Waals surface area contributed by atoms with E-state index in [1.807, 2.05) is 60.7 Å². The average Bonchev–Trinajstić information content (AvgIpc) is 2.56. The molecule has 0 aliphatic heterocycles. The molecule has 0 aliphatic carbocycles. The van der Waals surface area contributed by atoms with Gasteiger partial charge in [0.1, 0.15) is 7.14 Å². The Hall–Kier alpha value is -2.03. The Balaban J connectivity index is 2.38. The highest BCUT2D eigenvalue weighted by atomic mass is 31.2. The standard InChI is InChI=1S/C20H21OP/c1-3-4-7-12-18(2)17-22(21,19-13-8-5-9-14-19)20-15-10-6-11-16-20/h5-6,8-11,13-16H,2-4,17H2,1H3. The first-order valence-corrected chi connectivity index (χ1v) is 9.43. The molecule has 2 aromatic carbocycles. The summed E-state index contributed by atoms with van der Waals surface area (Å²) in [6, 6.07) is 19.3. The van der Waals surface area contributed by atoms with Crippen LogP contribution in [0.25, 0.3) is 0 Å². The smallest absolute Gasteiger partial charge is 0.148 e. The van der Waals surface area contributed by atoms with Crippen molar-refractivity contribution in [2.24, 2.45) is 0 Å². The Bertz CT molecular complexity index is 677. The molecule has 0 atom stereocenters. The maximum atomic E-state index is 13.7. The lowest BCUT2D eigenvalue weighted by Crippen LogP contribution is -2.18. The molecule has 2 heteroatoms. The van der Waals surface area contributed by atoms with Crippen molar-refractivity contribution < 1.29 is 4.57 Å². The summed E-state index contributed by atoms with van der Waals surface area (Å²) in [6.45, 7) is 6.11. The van der Waals surface area contributed by atoms with Crippen molar-refractivity contribution in [1.29, 1.82) is 0 Å². The van der Waals surface area contributed by atoms with Crippen LogP contribution < -0.4 is 10.6 Å². The molecule has 0 radical (unpaired) electrons. The van der Waals surface area contributed by atoms with Crippen LogP contribution in [0.3, 0.4) is 0 Å². The molecule has 0 heterocycles. The van der Waals surface area contributed by atoms with Gasteiger partial charge in [0.25, 0.3) is 0 Å². The molecule has 1 nitrogen and oxygen atoms in total. The normalized spacial score (nSPS) is 10.6. The van der Waals surface area contributed by atoms with E-state index in [4.69, 9.17) is 0 Å². The van der Waals surface area contributed by atoms with Gasteiger partial charge in [-0.25, -0.2) is 0 Å². The van der Waals surface area contributed by atoms with Crippen LogP contribution in [0.2, 0.25) is 0 Å². The van der Waals surface area contributed by atoms with Gasteiger partial charge in [0, 0.05) is 28.8 Å². The summed E-state index contributed by atoms with van der Waals surface area (Å²) in [7, 11) is -2.73. The Kier molecular flexibility index (Phi) is 5.82. The third kappa shape index (κ3) is 4.00. The van der Waals surface area contributed by atoms with E-state index in [2.05, 4.69) is 25.3 Å². The third-order valence-electron chi connectivity index (χ3n) is 3.40. The minimum Gasteiger partial charge on any atom is -0.313 e. The van der Waals surface area contributed by atoms with E-state index in [0.717, 1.165) is 29.0 Å². The Morgan fingerprint density at radius 1 is 1.00 bits per heavy atom. The van der Waals surface area contributed by atoms with Crippen molar-refractivity contribution >= 4 is 17.8 Å². The minimum absolute atomic E-state index is 0.401. The lowest BCUT2D eigenvalue weighted by molar-refractivity contribution is 0.588. The van der Waals surface area contributed by atoms with Gasteiger partial charge in [-0.15, -0.1) is 0 Å². The van der Waals surface area contributed by atoms with Gasteiger partial charge in [0.2, 0.25) is 0 Å². The first-order chi connectivity index (χ1) is 10.7. The monoisotopic (exact) mass is 308 g/mol. The van der Waals surface area contributed by atoms with Gasteiger partial charge in [0.15, 0.2) is 0 Å². The molecule has 0 bridgehead atoms. The van der Waals surface area contributed by atoms with Crippen LogP contribution in [0, 0.1) is 11.8 Å². The van der Waals surface area contributed by atoms with Gasteiger partial charge in [-0.3, -0.25) is 0 Å². The largest absolute Gasteiger partial charge is 0.313 e. The predicted molar refractivity (Wildman–Crippen MR) is 96.4 cm³/mol. The Labute approximate surface area is 133 Å². The zero-order valence-electron chi connectivity index (χ0n) is 13.0. The SMILES string of the molecule is C=C(C#CCCC)CP(=O)(c1ccccc1)c1ccccc1. The van der Waals surface area contributed by atoms with Crippen LogP contribution in [0.5, 0.6) is 0 Å². The van der Waals surface area contributed by atoms with E-state index < -0.39 is 7.14 Å². The van der Waals surface area contributed by atoms with Crippen LogP contribution >= 0.6 is 7.14 Å². The zero-order chi connectivity index (χ0) is 15.8. The van der Waals surface area contributed by atoms with E-state index in [-0.39, 0.29) is 0 Å². The summed E-state index contributed by atoms with van der Waals surface area (Å²) in [6.07, 6.45) is 2.27. The zero-order valence-corrected chi connectivity index (χ0v) is 13.9. The molecule has 0 N–H and O–H groups in total. The first-order valence-electron chi connectivity index (χ1n) is 7.54. The fraction of sp³-hybridized carbons (Fsp3) is 0.200. The number of benzene rings is 2. The average molecular weight is 308 g/mol. The summed E-state index contributed by atoms with van der Waals surface area (Å²) >= 11 is 0. The van der Waals surface area contributed by atoms with Crippen LogP contribution in [0.4, 0.5) is 0 Å². The lowest BCUT2D eigenvalue weighted by Gasteiger charge is -2.19. The summed E-state index contributed by atoms with van der Waals surface area (Å²) in [4.78, 5) is 0. The molecule has 0 spiro atoms. The molecule has 0 aromatic heterocycles. The summed E-state index contributed by atoms with van der Waals surface area (Å²) in [5.41, 5.74) is 0.740. The van der Waals surface area contributed by atoms with Gasteiger partial charge in [-0.2, -0.15) is 0 Å². The van der Waals surface area contributed by atoms with Crippen molar-refractivity contribution in [3.63, 3.8) is 0 Å². The second-order valence-corrected chi connectivity index (χ2v) is 8.05. The molecule has 0 amide bonds. The van der Waals surface area contributed by atoms with Crippen molar-refractivity contribution in [2.75, 3.05) is 6.16 Å². The molecule has 0 fully saturated rings. The highest BCUT2D eigenvalue weighted by Gasteiger charge is 2.27. The van der Waals surface area contributed by atoms with Gasteiger partial charge >= 0.3 is 0 Å². The highest BCUT2D eigenvalue weighted by molar-refractivity contribution is 7.78. The quantitative estimate of drug-likeness (QED) is 0.592.